The zero-order valence-electron chi connectivity index (χ0n) is 17.1. The maximum absolute atomic E-state index is 12.7. The lowest BCUT2D eigenvalue weighted by Gasteiger charge is -2.27. The van der Waals surface area contributed by atoms with Gasteiger partial charge in [0.05, 0.1) is 17.6 Å². The highest BCUT2D eigenvalue weighted by Crippen LogP contribution is 2.46. The molecule has 2 aliphatic rings. The first-order valence-electron chi connectivity index (χ1n) is 9.95. The summed E-state index contributed by atoms with van der Waals surface area (Å²) >= 11 is 0. The SMILES string of the molecule is C[C@@]12C=C[C@@H](O1)[C@H](C(=O)O)[C@@H]2C(=O)NNC(=O)c1ccc(NC(=O)c2ccccc2)cc1. The van der Waals surface area contributed by atoms with Gasteiger partial charge in [0.1, 0.15) is 5.92 Å². The van der Waals surface area contributed by atoms with Crippen LogP contribution in [0.4, 0.5) is 5.69 Å². The summed E-state index contributed by atoms with van der Waals surface area (Å²) < 4.78 is 5.64. The van der Waals surface area contributed by atoms with Crippen molar-refractivity contribution in [2.45, 2.75) is 18.6 Å². The van der Waals surface area contributed by atoms with E-state index in [0.717, 1.165) is 0 Å². The standard InChI is InChI=1S/C23H21N3O6/c1-23-12-11-16(32-23)17(22(30)31)18(23)21(29)26-25-20(28)14-7-9-15(10-8-14)24-19(27)13-5-3-2-4-6-13/h2-12,16-18H,1H3,(H,24,27)(H,25,28)(H,26,29)(H,30,31)/t16-,17+,18-,23+/m1/s1. The zero-order valence-corrected chi connectivity index (χ0v) is 17.1. The van der Waals surface area contributed by atoms with Gasteiger partial charge in [-0.1, -0.05) is 30.4 Å². The topological polar surface area (TPSA) is 134 Å². The number of benzene rings is 2. The number of aliphatic carboxylic acids is 1. The van der Waals surface area contributed by atoms with Crippen LogP contribution in [-0.2, 0) is 14.3 Å². The predicted octanol–water partition coefficient (Wildman–Crippen LogP) is 1.74. The van der Waals surface area contributed by atoms with Gasteiger partial charge in [-0.3, -0.25) is 30.0 Å². The Morgan fingerprint density at radius 3 is 2.22 bits per heavy atom. The number of carbonyl (C=O) groups excluding carboxylic acids is 3. The smallest absolute Gasteiger partial charge is 0.310 e. The van der Waals surface area contributed by atoms with E-state index in [9.17, 15) is 24.3 Å². The van der Waals surface area contributed by atoms with Crippen LogP contribution in [-0.4, -0.2) is 40.5 Å². The van der Waals surface area contributed by atoms with E-state index in [-0.39, 0.29) is 11.5 Å². The van der Waals surface area contributed by atoms with Crippen molar-refractivity contribution >= 4 is 29.4 Å². The second-order valence-corrected chi connectivity index (χ2v) is 7.81. The second-order valence-electron chi connectivity index (χ2n) is 7.81. The largest absolute Gasteiger partial charge is 0.481 e. The summed E-state index contributed by atoms with van der Waals surface area (Å²) in [4.78, 5) is 48.8. The number of rotatable bonds is 5. The molecule has 32 heavy (non-hydrogen) atoms. The number of carboxylic acids is 1. The zero-order chi connectivity index (χ0) is 22.9. The van der Waals surface area contributed by atoms with Gasteiger partial charge < -0.3 is 15.2 Å². The summed E-state index contributed by atoms with van der Waals surface area (Å²) in [5.41, 5.74) is 4.81. The summed E-state index contributed by atoms with van der Waals surface area (Å²) in [6.07, 6.45) is 2.63. The Morgan fingerprint density at radius 1 is 0.906 bits per heavy atom. The van der Waals surface area contributed by atoms with Crippen LogP contribution in [0.1, 0.15) is 27.6 Å². The number of ether oxygens (including phenoxy) is 1. The maximum Gasteiger partial charge on any atom is 0.310 e. The number of anilines is 1. The van der Waals surface area contributed by atoms with Gasteiger partial charge in [0.25, 0.3) is 11.8 Å². The van der Waals surface area contributed by atoms with Gasteiger partial charge in [-0.2, -0.15) is 0 Å². The Balaban J connectivity index is 1.35. The quantitative estimate of drug-likeness (QED) is 0.418. The summed E-state index contributed by atoms with van der Waals surface area (Å²) in [6, 6.07) is 14.8. The van der Waals surface area contributed by atoms with E-state index >= 15 is 0 Å². The molecule has 2 aliphatic heterocycles. The van der Waals surface area contributed by atoms with E-state index in [1.165, 1.54) is 12.1 Å². The third-order valence-electron chi connectivity index (χ3n) is 5.65. The highest BCUT2D eigenvalue weighted by Gasteiger charge is 2.59. The molecule has 0 aromatic heterocycles. The van der Waals surface area contributed by atoms with Gasteiger partial charge in [-0.15, -0.1) is 0 Å². The van der Waals surface area contributed by atoms with E-state index in [0.29, 0.717) is 11.3 Å². The van der Waals surface area contributed by atoms with Crippen molar-refractivity contribution in [3.05, 3.63) is 77.9 Å². The fraction of sp³-hybridized carbons (Fsp3) is 0.217. The Hall–Kier alpha value is -3.98. The molecule has 3 amide bonds. The van der Waals surface area contributed by atoms with Crippen molar-refractivity contribution < 1.29 is 29.0 Å². The molecular formula is C23H21N3O6. The molecule has 4 N–H and O–H groups in total. The fourth-order valence-corrected chi connectivity index (χ4v) is 4.05. The number of nitrogens with one attached hydrogen (secondary N) is 3. The number of carbonyl (C=O) groups is 4. The summed E-state index contributed by atoms with van der Waals surface area (Å²) in [6.45, 7) is 1.64. The number of hydrazine groups is 1. The monoisotopic (exact) mass is 435 g/mol. The normalized spacial score (nSPS) is 25.2. The molecule has 0 aliphatic carbocycles. The molecule has 2 aromatic carbocycles. The van der Waals surface area contributed by atoms with Crippen LogP contribution < -0.4 is 16.2 Å². The summed E-state index contributed by atoms with van der Waals surface area (Å²) in [7, 11) is 0. The van der Waals surface area contributed by atoms with Gasteiger partial charge in [-0.25, -0.2) is 0 Å². The number of hydrogen-bond donors (Lipinski definition) is 4. The third-order valence-corrected chi connectivity index (χ3v) is 5.65. The molecule has 9 heteroatoms. The van der Waals surface area contributed by atoms with Gasteiger partial charge in [-0.05, 0) is 43.3 Å². The minimum absolute atomic E-state index is 0.244. The van der Waals surface area contributed by atoms with Crippen molar-refractivity contribution in [3.63, 3.8) is 0 Å². The summed E-state index contributed by atoms with van der Waals surface area (Å²) in [5, 5.41) is 12.2. The van der Waals surface area contributed by atoms with Gasteiger partial charge >= 0.3 is 5.97 Å². The molecule has 0 unspecified atom stereocenters. The van der Waals surface area contributed by atoms with E-state index in [2.05, 4.69) is 16.2 Å². The van der Waals surface area contributed by atoms with Crippen LogP contribution in [0.5, 0.6) is 0 Å². The molecule has 2 heterocycles. The molecule has 1 fully saturated rings. The highest BCUT2D eigenvalue weighted by atomic mass is 16.5. The first-order chi connectivity index (χ1) is 15.3. The average molecular weight is 435 g/mol. The van der Waals surface area contributed by atoms with Crippen LogP contribution in [0.3, 0.4) is 0 Å². The lowest BCUT2D eigenvalue weighted by Crippen LogP contribution is -2.52. The molecule has 9 nitrogen and oxygen atoms in total. The Bertz CT molecular complexity index is 1100. The minimum Gasteiger partial charge on any atom is -0.481 e. The van der Waals surface area contributed by atoms with Gasteiger partial charge in [0, 0.05) is 16.8 Å². The third kappa shape index (κ3) is 3.97. The second kappa shape index (κ2) is 8.27. The van der Waals surface area contributed by atoms with Gasteiger partial charge in [0.2, 0.25) is 5.91 Å². The molecule has 4 rings (SSSR count). The molecular weight excluding hydrogens is 414 g/mol. The lowest BCUT2D eigenvalue weighted by atomic mass is 9.76. The van der Waals surface area contributed by atoms with Crippen molar-refractivity contribution in [2.24, 2.45) is 11.8 Å². The molecule has 4 atom stereocenters. The van der Waals surface area contributed by atoms with Crippen molar-refractivity contribution in [3.8, 4) is 0 Å². The first kappa shape index (κ1) is 21.3. The number of amides is 3. The van der Waals surface area contributed by atoms with Crippen molar-refractivity contribution in [1.82, 2.24) is 10.9 Å². The van der Waals surface area contributed by atoms with E-state index < -0.39 is 41.3 Å². The van der Waals surface area contributed by atoms with Crippen molar-refractivity contribution in [1.29, 1.82) is 0 Å². The van der Waals surface area contributed by atoms with Crippen LogP contribution in [0, 0.1) is 11.8 Å². The maximum atomic E-state index is 12.7. The highest BCUT2D eigenvalue weighted by molar-refractivity contribution is 6.04. The Morgan fingerprint density at radius 2 is 1.56 bits per heavy atom. The Labute approximate surface area is 183 Å². The van der Waals surface area contributed by atoms with Crippen molar-refractivity contribution in [2.75, 3.05) is 5.32 Å². The number of hydrogen-bond acceptors (Lipinski definition) is 5. The lowest BCUT2D eigenvalue weighted by molar-refractivity contribution is -0.147. The molecule has 2 bridgehead atoms. The van der Waals surface area contributed by atoms with Gasteiger partial charge in [0.15, 0.2) is 0 Å². The van der Waals surface area contributed by atoms with E-state index in [1.807, 2.05) is 6.07 Å². The summed E-state index contributed by atoms with van der Waals surface area (Å²) in [5.74, 6) is -4.66. The van der Waals surface area contributed by atoms with Crippen LogP contribution in [0.25, 0.3) is 0 Å². The molecule has 164 valence electrons. The van der Waals surface area contributed by atoms with Crippen LogP contribution >= 0.6 is 0 Å². The van der Waals surface area contributed by atoms with E-state index in [4.69, 9.17) is 4.74 Å². The molecule has 1 saturated heterocycles. The number of fused-ring (bicyclic) bond motifs is 2. The number of carboxylic acid groups (broad SMARTS) is 1. The Kier molecular flexibility index (Phi) is 5.50. The van der Waals surface area contributed by atoms with Crippen LogP contribution in [0.15, 0.2) is 66.7 Å². The molecule has 2 aromatic rings. The molecule has 0 saturated carbocycles. The molecule has 0 spiro atoms. The minimum atomic E-state index is -1.14. The average Bonchev–Trinajstić information content (AvgIpc) is 3.32. The first-order valence-corrected chi connectivity index (χ1v) is 9.95. The molecule has 0 radical (unpaired) electrons. The van der Waals surface area contributed by atoms with Crippen LogP contribution in [0.2, 0.25) is 0 Å². The predicted molar refractivity (Wildman–Crippen MR) is 113 cm³/mol. The fourth-order valence-electron chi connectivity index (χ4n) is 4.05. The van der Waals surface area contributed by atoms with E-state index in [1.54, 1.807) is 55.5 Å².